The highest BCUT2D eigenvalue weighted by Crippen LogP contribution is 2.37. The van der Waals surface area contributed by atoms with Crippen LogP contribution in [-0.4, -0.2) is 32.3 Å². The van der Waals surface area contributed by atoms with E-state index in [2.05, 4.69) is 18.7 Å². The lowest BCUT2D eigenvalue weighted by Gasteiger charge is -2.45. The van der Waals surface area contributed by atoms with Gasteiger partial charge in [-0.3, -0.25) is 0 Å². The Labute approximate surface area is 114 Å². The van der Waals surface area contributed by atoms with Gasteiger partial charge in [0.05, 0.1) is 12.1 Å². The Kier molecular flexibility index (Phi) is 4.11. The van der Waals surface area contributed by atoms with Gasteiger partial charge in [-0.25, -0.2) is 4.39 Å². The largest absolute Gasteiger partial charge is 0.382 e. The molecule has 1 unspecified atom stereocenters. The molecule has 1 aliphatic heterocycles. The number of nitrogens with two attached hydrogens (primary N) is 1. The van der Waals surface area contributed by atoms with E-state index >= 15 is 0 Å². The van der Waals surface area contributed by atoms with Gasteiger partial charge in [-0.15, -0.1) is 0 Å². The number of hydrogen-bond donors (Lipinski definition) is 1. The number of benzene rings is 1. The van der Waals surface area contributed by atoms with Crippen molar-refractivity contribution in [1.82, 2.24) is 0 Å². The number of halogens is 1. The highest BCUT2D eigenvalue weighted by Gasteiger charge is 2.41. The molecule has 106 valence electrons. The first-order valence-electron chi connectivity index (χ1n) is 6.80. The topological polar surface area (TPSA) is 38.5 Å². The molecule has 0 bridgehead atoms. The number of hydrogen-bond acceptors (Lipinski definition) is 3. The van der Waals surface area contributed by atoms with Gasteiger partial charge in [0, 0.05) is 25.9 Å². The summed E-state index contributed by atoms with van der Waals surface area (Å²) in [4.78, 5) is 2.24. The summed E-state index contributed by atoms with van der Waals surface area (Å²) >= 11 is 0. The first-order chi connectivity index (χ1) is 9.05. The predicted octanol–water partition coefficient (Wildman–Crippen LogP) is 2.19. The molecule has 0 fully saturated rings. The second-order valence-electron chi connectivity index (χ2n) is 5.57. The van der Waals surface area contributed by atoms with Crippen LogP contribution in [0.3, 0.4) is 0 Å². The van der Waals surface area contributed by atoms with E-state index in [0.717, 1.165) is 18.7 Å². The predicted molar refractivity (Wildman–Crippen MR) is 75.9 cm³/mol. The summed E-state index contributed by atoms with van der Waals surface area (Å²) in [6, 6.07) is 5.02. The van der Waals surface area contributed by atoms with Crippen LogP contribution in [0.25, 0.3) is 0 Å². The van der Waals surface area contributed by atoms with Crippen molar-refractivity contribution in [2.75, 3.05) is 31.7 Å². The molecule has 1 atom stereocenters. The summed E-state index contributed by atoms with van der Waals surface area (Å²) in [5.74, 6) is 0.129. The van der Waals surface area contributed by atoms with Gasteiger partial charge in [0.25, 0.3) is 0 Å². The van der Waals surface area contributed by atoms with Crippen molar-refractivity contribution in [3.8, 4) is 0 Å². The molecule has 1 heterocycles. The fourth-order valence-corrected chi connectivity index (χ4v) is 3.03. The normalized spacial score (nSPS) is 17.7. The van der Waals surface area contributed by atoms with Crippen LogP contribution in [0.1, 0.15) is 19.4 Å². The Hall–Kier alpha value is -1.13. The van der Waals surface area contributed by atoms with Crippen LogP contribution < -0.4 is 10.6 Å². The van der Waals surface area contributed by atoms with Crippen LogP contribution in [0.2, 0.25) is 0 Å². The SMILES string of the molecule is COCC(CN)(C(C)C)N1CCc2ccc(F)cc21. The molecule has 1 aliphatic rings. The van der Waals surface area contributed by atoms with E-state index in [-0.39, 0.29) is 11.4 Å². The van der Waals surface area contributed by atoms with Gasteiger partial charge < -0.3 is 15.4 Å². The van der Waals surface area contributed by atoms with Crippen molar-refractivity contribution in [1.29, 1.82) is 0 Å². The maximum absolute atomic E-state index is 13.5. The van der Waals surface area contributed by atoms with Crippen molar-refractivity contribution in [2.45, 2.75) is 25.8 Å². The van der Waals surface area contributed by atoms with Gasteiger partial charge in [0.1, 0.15) is 5.82 Å². The number of methoxy groups -OCH3 is 1. The van der Waals surface area contributed by atoms with Crippen LogP contribution in [0.4, 0.5) is 10.1 Å². The second-order valence-corrected chi connectivity index (χ2v) is 5.57. The van der Waals surface area contributed by atoms with Crippen LogP contribution in [0.5, 0.6) is 0 Å². The number of rotatable bonds is 5. The van der Waals surface area contributed by atoms with Crippen LogP contribution in [0, 0.1) is 11.7 Å². The Bertz CT molecular complexity index is 450. The lowest BCUT2D eigenvalue weighted by atomic mass is 9.85. The van der Waals surface area contributed by atoms with E-state index in [1.165, 1.54) is 11.6 Å². The van der Waals surface area contributed by atoms with Crippen molar-refractivity contribution >= 4 is 5.69 Å². The maximum atomic E-state index is 13.5. The van der Waals surface area contributed by atoms with E-state index in [4.69, 9.17) is 10.5 Å². The molecule has 0 amide bonds. The third-order valence-corrected chi connectivity index (χ3v) is 4.30. The Balaban J connectivity index is 2.43. The lowest BCUT2D eigenvalue weighted by molar-refractivity contribution is 0.104. The summed E-state index contributed by atoms with van der Waals surface area (Å²) in [6.07, 6.45) is 0.938. The summed E-state index contributed by atoms with van der Waals surface area (Å²) < 4.78 is 18.9. The zero-order valence-corrected chi connectivity index (χ0v) is 11.9. The molecule has 1 aromatic carbocycles. The minimum absolute atomic E-state index is 0.197. The van der Waals surface area contributed by atoms with E-state index in [9.17, 15) is 4.39 Å². The highest BCUT2D eigenvalue weighted by atomic mass is 19.1. The Morgan fingerprint density at radius 3 is 2.79 bits per heavy atom. The van der Waals surface area contributed by atoms with E-state index in [1.807, 2.05) is 6.07 Å². The number of fused-ring (bicyclic) bond motifs is 1. The van der Waals surface area contributed by atoms with Crippen molar-refractivity contribution < 1.29 is 9.13 Å². The third kappa shape index (κ3) is 2.35. The molecule has 0 saturated carbocycles. The third-order valence-electron chi connectivity index (χ3n) is 4.30. The van der Waals surface area contributed by atoms with Crippen molar-refractivity contribution in [2.24, 2.45) is 11.7 Å². The highest BCUT2D eigenvalue weighted by molar-refractivity contribution is 5.60. The van der Waals surface area contributed by atoms with Gasteiger partial charge in [-0.05, 0) is 30.0 Å². The molecule has 4 heteroatoms. The standard InChI is InChI=1S/C15H23FN2O/c1-11(2)15(9-17,10-19-3)18-7-6-12-4-5-13(16)8-14(12)18/h4-5,8,11H,6-7,9-10,17H2,1-3H3. The molecule has 2 N–H and O–H groups in total. The molecule has 0 aliphatic carbocycles. The van der Waals surface area contributed by atoms with Gasteiger partial charge in [0.15, 0.2) is 0 Å². The quantitative estimate of drug-likeness (QED) is 0.888. The van der Waals surface area contributed by atoms with E-state index in [1.54, 1.807) is 13.2 Å². The summed E-state index contributed by atoms with van der Waals surface area (Å²) in [7, 11) is 1.69. The zero-order chi connectivity index (χ0) is 14.0. The fraction of sp³-hybridized carbons (Fsp3) is 0.600. The van der Waals surface area contributed by atoms with E-state index < -0.39 is 0 Å². The maximum Gasteiger partial charge on any atom is 0.125 e. The van der Waals surface area contributed by atoms with E-state index in [0.29, 0.717) is 19.1 Å². The average molecular weight is 266 g/mol. The van der Waals surface area contributed by atoms with Gasteiger partial charge in [0.2, 0.25) is 0 Å². The molecule has 3 nitrogen and oxygen atoms in total. The van der Waals surface area contributed by atoms with Crippen molar-refractivity contribution in [3.05, 3.63) is 29.6 Å². The summed E-state index contributed by atoms with van der Waals surface area (Å²) in [5.41, 5.74) is 7.94. The lowest BCUT2D eigenvalue weighted by Crippen LogP contribution is -2.60. The van der Waals surface area contributed by atoms with Gasteiger partial charge >= 0.3 is 0 Å². The van der Waals surface area contributed by atoms with Crippen LogP contribution in [0.15, 0.2) is 18.2 Å². The molecule has 19 heavy (non-hydrogen) atoms. The first-order valence-corrected chi connectivity index (χ1v) is 6.80. The molecule has 0 radical (unpaired) electrons. The molecule has 2 rings (SSSR count). The van der Waals surface area contributed by atoms with Crippen LogP contribution >= 0.6 is 0 Å². The summed E-state index contributed by atoms with van der Waals surface area (Å²) in [5, 5.41) is 0. The molecule has 0 aromatic heterocycles. The zero-order valence-electron chi connectivity index (χ0n) is 11.9. The molecule has 0 spiro atoms. The monoisotopic (exact) mass is 266 g/mol. The second kappa shape index (κ2) is 5.47. The summed E-state index contributed by atoms with van der Waals surface area (Å²) in [6.45, 7) is 6.20. The van der Waals surface area contributed by atoms with Gasteiger partial charge in [-0.1, -0.05) is 19.9 Å². The van der Waals surface area contributed by atoms with Gasteiger partial charge in [-0.2, -0.15) is 0 Å². The molecule has 0 saturated heterocycles. The van der Waals surface area contributed by atoms with Crippen LogP contribution in [-0.2, 0) is 11.2 Å². The smallest absolute Gasteiger partial charge is 0.125 e. The average Bonchev–Trinajstić information content (AvgIpc) is 2.79. The fourth-order valence-electron chi connectivity index (χ4n) is 3.03. The van der Waals surface area contributed by atoms with Crippen molar-refractivity contribution in [3.63, 3.8) is 0 Å². The number of ether oxygens (including phenoxy) is 1. The Morgan fingerprint density at radius 2 is 2.21 bits per heavy atom. The molecule has 1 aromatic rings. The minimum atomic E-state index is -0.270. The number of nitrogens with zero attached hydrogens (tertiary/aromatic N) is 1. The Morgan fingerprint density at radius 1 is 1.47 bits per heavy atom. The number of anilines is 1. The first kappa shape index (κ1) is 14.3. The molecular weight excluding hydrogens is 243 g/mol. The molecular formula is C15H23FN2O. The minimum Gasteiger partial charge on any atom is -0.382 e.